The molecule has 1 saturated carbocycles. The molecule has 3 N–H and O–H groups in total. The van der Waals surface area contributed by atoms with Crippen molar-refractivity contribution in [2.24, 2.45) is 0 Å². The molecule has 1 aliphatic carbocycles. The van der Waals surface area contributed by atoms with Crippen LogP contribution in [0.4, 0.5) is 0 Å². The van der Waals surface area contributed by atoms with Gasteiger partial charge in [-0.05, 0) is 57.5 Å². The Bertz CT molecular complexity index is 524. The summed E-state index contributed by atoms with van der Waals surface area (Å²) in [5.41, 5.74) is 1.39. The molecule has 1 aliphatic heterocycles. The molecule has 22 heavy (non-hydrogen) atoms. The summed E-state index contributed by atoms with van der Waals surface area (Å²) >= 11 is 0. The molecule has 1 atom stereocenters. The zero-order chi connectivity index (χ0) is 15.8. The van der Waals surface area contributed by atoms with Crippen molar-refractivity contribution in [1.29, 1.82) is 0 Å². The Balaban J connectivity index is 1.85. The second kappa shape index (κ2) is 5.81. The molecule has 1 spiro atoms. The number of benzene rings is 1. The minimum absolute atomic E-state index is 0.0367. The molecule has 2 aliphatic rings. The van der Waals surface area contributed by atoms with Gasteiger partial charge in [-0.3, -0.25) is 15.5 Å². The van der Waals surface area contributed by atoms with Gasteiger partial charge >= 0.3 is 0 Å². The number of hydrogen-bond donors (Lipinski definition) is 3. The second-order valence-corrected chi connectivity index (χ2v) is 6.87. The maximum atomic E-state index is 9.72. The Kier molecular flexibility index (Phi) is 4.16. The topological polar surface area (TPSA) is 56.8 Å². The van der Waals surface area contributed by atoms with Crippen LogP contribution in [0.1, 0.15) is 31.2 Å². The quantitative estimate of drug-likeness (QED) is 0.784. The summed E-state index contributed by atoms with van der Waals surface area (Å²) in [4.78, 5) is 2.34. The van der Waals surface area contributed by atoms with Gasteiger partial charge in [-0.15, -0.1) is 0 Å². The summed E-state index contributed by atoms with van der Waals surface area (Å²) in [5, 5.41) is 16.1. The first-order chi connectivity index (χ1) is 10.5. The molecule has 0 aromatic heterocycles. The van der Waals surface area contributed by atoms with Crippen LogP contribution in [-0.4, -0.2) is 49.6 Å². The number of aliphatic hydroxyl groups excluding tert-OH is 1. The van der Waals surface area contributed by atoms with Crippen molar-refractivity contribution in [2.75, 3.05) is 27.7 Å². The van der Waals surface area contributed by atoms with Crippen molar-refractivity contribution in [1.82, 2.24) is 15.5 Å². The summed E-state index contributed by atoms with van der Waals surface area (Å²) in [6.45, 7) is 0.843. The fourth-order valence-corrected chi connectivity index (χ4v) is 4.05. The van der Waals surface area contributed by atoms with Crippen LogP contribution >= 0.6 is 0 Å². The third-order valence-electron chi connectivity index (χ3n) is 5.57. The highest BCUT2D eigenvalue weighted by Crippen LogP contribution is 2.45. The Morgan fingerprint density at radius 3 is 2.50 bits per heavy atom. The van der Waals surface area contributed by atoms with E-state index < -0.39 is 6.35 Å². The third kappa shape index (κ3) is 2.63. The van der Waals surface area contributed by atoms with Gasteiger partial charge in [0.15, 0.2) is 6.35 Å². The molecule has 1 aromatic carbocycles. The summed E-state index contributed by atoms with van der Waals surface area (Å²) in [6.07, 6.45) is 3.66. The lowest BCUT2D eigenvalue weighted by Gasteiger charge is -2.49. The van der Waals surface area contributed by atoms with Gasteiger partial charge in [0.2, 0.25) is 0 Å². The summed E-state index contributed by atoms with van der Waals surface area (Å²) in [5.74, 6) is 0.912. The normalized spacial score (nSPS) is 35.2. The van der Waals surface area contributed by atoms with Gasteiger partial charge < -0.3 is 9.84 Å². The molecule has 0 radical (unpaired) electrons. The van der Waals surface area contributed by atoms with Crippen LogP contribution in [0.2, 0.25) is 0 Å². The lowest BCUT2D eigenvalue weighted by Crippen LogP contribution is -2.54. The van der Waals surface area contributed by atoms with Crippen molar-refractivity contribution in [3.63, 3.8) is 0 Å². The molecule has 1 aromatic rings. The van der Waals surface area contributed by atoms with Crippen molar-refractivity contribution in [3.8, 4) is 5.75 Å². The molecule has 5 nitrogen and oxygen atoms in total. The summed E-state index contributed by atoms with van der Waals surface area (Å²) < 4.78 is 5.40. The van der Waals surface area contributed by atoms with Crippen molar-refractivity contribution >= 4 is 0 Å². The SMILES string of the molecule is COc1cccc([C@]2(N(C)C)CC[C@@]3(CC2)CNC(O)N3)c1. The fourth-order valence-electron chi connectivity index (χ4n) is 4.05. The van der Waals surface area contributed by atoms with Gasteiger partial charge in [-0.25, -0.2) is 0 Å². The van der Waals surface area contributed by atoms with E-state index in [1.54, 1.807) is 7.11 Å². The molecule has 0 bridgehead atoms. The first-order valence-corrected chi connectivity index (χ1v) is 8.01. The van der Waals surface area contributed by atoms with Gasteiger partial charge in [0.05, 0.1) is 7.11 Å². The zero-order valence-corrected chi connectivity index (χ0v) is 13.7. The van der Waals surface area contributed by atoms with Crippen molar-refractivity contribution in [3.05, 3.63) is 29.8 Å². The number of nitrogens with zero attached hydrogens (tertiary/aromatic N) is 1. The monoisotopic (exact) mass is 305 g/mol. The average Bonchev–Trinajstić information content (AvgIpc) is 2.89. The Labute approximate surface area is 132 Å². The first kappa shape index (κ1) is 15.7. The number of hydrogen-bond acceptors (Lipinski definition) is 5. The number of ether oxygens (including phenoxy) is 1. The predicted octanol–water partition coefficient (Wildman–Crippen LogP) is 1.23. The van der Waals surface area contributed by atoms with Gasteiger partial charge in [0, 0.05) is 17.6 Å². The van der Waals surface area contributed by atoms with Gasteiger partial charge in [-0.2, -0.15) is 0 Å². The highest BCUT2D eigenvalue weighted by molar-refractivity contribution is 5.34. The van der Waals surface area contributed by atoms with E-state index in [9.17, 15) is 5.11 Å². The number of nitrogens with one attached hydrogen (secondary N) is 2. The minimum atomic E-state index is -0.566. The van der Waals surface area contributed by atoms with E-state index in [0.717, 1.165) is 38.0 Å². The second-order valence-electron chi connectivity index (χ2n) is 6.87. The lowest BCUT2D eigenvalue weighted by molar-refractivity contribution is 0.0502. The molecule has 2 fully saturated rings. The minimum Gasteiger partial charge on any atom is -0.497 e. The zero-order valence-electron chi connectivity index (χ0n) is 13.7. The first-order valence-electron chi connectivity index (χ1n) is 8.01. The van der Waals surface area contributed by atoms with Crippen LogP contribution in [0.25, 0.3) is 0 Å². The molecule has 5 heteroatoms. The van der Waals surface area contributed by atoms with Crippen LogP contribution in [0.5, 0.6) is 5.75 Å². The van der Waals surface area contributed by atoms with Crippen LogP contribution in [0.15, 0.2) is 24.3 Å². The number of rotatable bonds is 3. The fraction of sp³-hybridized carbons (Fsp3) is 0.647. The lowest BCUT2D eigenvalue weighted by atomic mass is 9.69. The van der Waals surface area contributed by atoms with E-state index in [-0.39, 0.29) is 11.1 Å². The highest BCUT2D eigenvalue weighted by Gasteiger charge is 2.47. The number of methoxy groups -OCH3 is 1. The van der Waals surface area contributed by atoms with E-state index >= 15 is 0 Å². The molecular formula is C17H27N3O2. The number of aliphatic hydroxyl groups is 1. The smallest absolute Gasteiger partial charge is 0.161 e. The third-order valence-corrected chi connectivity index (χ3v) is 5.57. The highest BCUT2D eigenvalue weighted by atomic mass is 16.5. The molecule has 1 saturated heterocycles. The van der Waals surface area contributed by atoms with Crippen LogP contribution in [0.3, 0.4) is 0 Å². The maximum absolute atomic E-state index is 9.72. The van der Waals surface area contributed by atoms with Crippen molar-refractivity contribution in [2.45, 2.75) is 43.1 Å². The Hall–Kier alpha value is -1.14. The van der Waals surface area contributed by atoms with E-state index in [4.69, 9.17) is 4.74 Å². The molecule has 122 valence electrons. The molecular weight excluding hydrogens is 278 g/mol. The van der Waals surface area contributed by atoms with Crippen LogP contribution < -0.4 is 15.4 Å². The molecule has 3 rings (SSSR count). The van der Waals surface area contributed by atoms with E-state index in [0.29, 0.717) is 0 Å². The van der Waals surface area contributed by atoms with Crippen LogP contribution in [0, 0.1) is 0 Å². The predicted molar refractivity (Wildman–Crippen MR) is 86.7 cm³/mol. The van der Waals surface area contributed by atoms with Gasteiger partial charge in [0.25, 0.3) is 0 Å². The van der Waals surface area contributed by atoms with Gasteiger partial charge in [0.1, 0.15) is 5.75 Å². The van der Waals surface area contributed by atoms with Gasteiger partial charge in [-0.1, -0.05) is 12.1 Å². The summed E-state index contributed by atoms with van der Waals surface area (Å²) in [7, 11) is 6.03. The molecule has 1 unspecified atom stereocenters. The maximum Gasteiger partial charge on any atom is 0.161 e. The van der Waals surface area contributed by atoms with E-state index in [1.807, 2.05) is 6.07 Å². The summed E-state index contributed by atoms with van der Waals surface area (Å²) in [6, 6.07) is 8.43. The van der Waals surface area contributed by atoms with E-state index in [2.05, 4.69) is 47.8 Å². The Morgan fingerprint density at radius 2 is 1.95 bits per heavy atom. The largest absolute Gasteiger partial charge is 0.497 e. The standard InChI is InChI=1S/C17H27N3O2/c1-20(2)17(13-5-4-6-14(11-13)22-3)9-7-16(8-10-17)12-18-15(21)19-16/h4-6,11,15,18-19,21H,7-10,12H2,1-3H3/t15?,16-,17+. The van der Waals surface area contributed by atoms with Crippen molar-refractivity contribution < 1.29 is 9.84 Å². The average molecular weight is 305 g/mol. The molecule has 1 heterocycles. The van der Waals surface area contributed by atoms with Crippen LogP contribution in [-0.2, 0) is 5.54 Å². The molecule has 0 amide bonds. The van der Waals surface area contributed by atoms with E-state index in [1.165, 1.54) is 5.56 Å². The Morgan fingerprint density at radius 1 is 1.23 bits per heavy atom.